The van der Waals surface area contributed by atoms with Crippen LogP contribution in [0.25, 0.3) is 0 Å². The summed E-state index contributed by atoms with van der Waals surface area (Å²) < 4.78 is 1.27. The Morgan fingerprint density at radius 1 is 1.38 bits per heavy atom. The van der Waals surface area contributed by atoms with Crippen molar-refractivity contribution in [3.63, 3.8) is 0 Å². The van der Waals surface area contributed by atoms with Gasteiger partial charge in [0.15, 0.2) is 0 Å². The number of halogens is 2. The van der Waals surface area contributed by atoms with E-state index < -0.39 is 0 Å². The molecule has 4 nitrogen and oxygen atoms in total. The number of benzene rings is 1. The largest absolute Gasteiger partial charge is 0.506 e. The van der Waals surface area contributed by atoms with Crippen molar-refractivity contribution >= 4 is 37.8 Å². The molecule has 0 aliphatic rings. The van der Waals surface area contributed by atoms with Crippen molar-refractivity contribution < 1.29 is 9.90 Å². The van der Waals surface area contributed by atoms with E-state index in [0.29, 0.717) is 28.5 Å². The number of hydrogen-bond acceptors (Lipinski definition) is 3. The number of carbonyl (C=O) groups excluding carboxylic acids is 1. The van der Waals surface area contributed by atoms with Crippen LogP contribution in [-0.2, 0) is 11.3 Å². The monoisotopic (exact) mass is 350 g/mol. The quantitative estimate of drug-likeness (QED) is 0.709. The zero-order chi connectivity index (χ0) is 12.1. The number of nitrogens with two attached hydrogens (primary N) is 1. The number of primary amides is 1. The first-order chi connectivity index (χ1) is 7.50. The summed E-state index contributed by atoms with van der Waals surface area (Å²) in [5.41, 5.74) is 6.01. The lowest BCUT2D eigenvalue weighted by atomic mass is 10.2. The Balaban J connectivity index is 2.52. The van der Waals surface area contributed by atoms with Gasteiger partial charge in [-0.3, -0.25) is 4.79 Å². The standard InChI is InChI=1S/C10H12Br2N2O2/c11-7-3-6(4-8(12)10(7)16)5-14-2-1-9(13)15/h3-4,14,16H,1-2,5H2,(H2,13,15). The van der Waals surface area contributed by atoms with E-state index in [2.05, 4.69) is 37.2 Å². The minimum atomic E-state index is -0.319. The van der Waals surface area contributed by atoms with Gasteiger partial charge in [-0.25, -0.2) is 0 Å². The van der Waals surface area contributed by atoms with E-state index in [1.807, 2.05) is 12.1 Å². The molecule has 6 heteroatoms. The molecule has 0 saturated carbocycles. The summed E-state index contributed by atoms with van der Waals surface area (Å²) in [6.07, 6.45) is 0.320. The molecule has 16 heavy (non-hydrogen) atoms. The first-order valence-corrected chi connectivity index (χ1v) is 6.25. The van der Waals surface area contributed by atoms with Crippen LogP contribution >= 0.6 is 31.9 Å². The van der Waals surface area contributed by atoms with E-state index >= 15 is 0 Å². The van der Waals surface area contributed by atoms with Crippen molar-refractivity contribution in [1.82, 2.24) is 5.32 Å². The Kier molecular flexibility index (Phi) is 5.24. The summed E-state index contributed by atoms with van der Waals surface area (Å²) in [6, 6.07) is 3.63. The molecule has 1 aromatic carbocycles. The van der Waals surface area contributed by atoms with Crippen LogP contribution in [-0.4, -0.2) is 17.6 Å². The zero-order valence-electron chi connectivity index (χ0n) is 8.46. The Morgan fingerprint density at radius 3 is 2.44 bits per heavy atom. The first kappa shape index (κ1) is 13.5. The number of nitrogens with one attached hydrogen (secondary N) is 1. The number of hydrogen-bond donors (Lipinski definition) is 3. The summed E-state index contributed by atoms with van der Waals surface area (Å²) in [7, 11) is 0. The SMILES string of the molecule is NC(=O)CCNCc1cc(Br)c(O)c(Br)c1. The third-order valence-corrected chi connectivity index (χ3v) is 3.16. The zero-order valence-corrected chi connectivity index (χ0v) is 11.6. The van der Waals surface area contributed by atoms with Crippen molar-refractivity contribution in [1.29, 1.82) is 0 Å². The second-order valence-electron chi connectivity index (χ2n) is 3.30. The van der Waals surface area contributed by atoms with Crippen LogP contribution < -0.4 is 11.1 Å². The highest BCUT2D eigenvalue weighted by Gasteiger charge is 2.05. The first-order valence-electron chi connectivity index (χ1n) is 4.66. The van der Waals surface area contributed by atoms with Crippen LogP contribution in [0.4, 0.5) is 0 Å². The smallest absolute Gasteiger partial charge is 0.218 e. The molecule has 4 N–H and O–H groups in total. The number of phenolic OH excluding ortho intramolecular Hbond substituents is 1. The Labute approximate surface area is 110 Å². The van der Waals surface area contributed by atoms with E-state index in [1.54, 1.807) is 0 Å². The van der Waals surface area contributed by atoms with Crippen molar-refractivity contribution in [2.45, 2.75) is 13.0 Å². The highest BCUT2D eigenvalue weighted by atomic mass is 79.9. The molecular formula is C10H12Br2N2O2. The van der Waals surface area contributed by atoms with Crippen LogP contribution in [0.5, 0.6) is 5.75 Å². The van der Waals surface area contributed by atoms with Crippen molar-refractivity contribution in [3.8, 4) is 5.75 Å². The molecule has 0 spiro atoms. The summed E-state index contributed by atoms with van der Waals surface area (Å²) in [6.45, 7) is 1.16. The lowest BCUT2D eigenvalue weighted by Gasteiger charge is -2.07. The summed E-state index contributed by atoms with van der Waals surface area (Å²) in [5.74, 6) is -0.138. The molecule has 88 valence electrons. The van der Waals surface area contributed by atoms with Gasteiger partial charge < -0.3 is 16.2 Å². The van der Waals surface area contributed by atoms with Gasteiger partial charge in [0.05, 0.1) is 8.95 Å². The minimum Gasteiger partial charge on any atom is -0.506 e. The molecule has 0 aromatic heterocycles. The van der Waals surface area contributed by atoms with Crippen LogP contribution in [0.1, 0.15) is 12.0 Å². The highest BCUT2D eigenvalue weighted by molar-refractivity contribution is 9.11. The number of rotatable bonds is 5. The van der Waals surface area contributed by atoms with Crippen molar-refractivity contribution in [2.24, 2.45) is 5.73 Å². The molecule has 1 amide bonds. The van der Waals surface area contributed by atoms with Gasteiger partial charge in [-0.1, -0.05) is 0 Å². The third kappa shape index (κ3) is 4.11. The predicted octanol–water partition coefficient (Wildman–Crippen LogP) is 1.88. The van der Waals surface area contributed by atoms with Gasteiger partial charge in [-0.15, -0.1) is 0 Å². The second kappa shape index (κ2) is 6.22. The van der Waals surface area contributed by atoms with Gasteiger partial charge in [0.2, 0.25) is 5.91 Å². The lowest BCUT2D eigenvalue weighted by Crippen LogP contribution is -2.21. The van der Waals surface area contributed by atoms with E-state index in [1.165, 1.54) is 0 Å². The van der Waals surface area contributed by atoms with Gasteiger partial charge in [0, 0.05) is 19.5 Å². The molecule has 0 heterocycles. The molecule has 0 fully saturated rings. The van der Waals surface area contributed by atoms with Crippen LogP contribution in [0.3, 0.4) is 0 Å². The van der Waals surface area contributed by atoms with Crippen LogP contribution in [0.2, 0.25) is 0 Å². The lowest BCUT2D eigenvalue weighted by molar-refractivity contribution is -0.117. The Morgan fingerprint density at radius 2 is 1.94 bits per heavy atom. The van der Waals surface area contributed by atoms with Gasteiger partial charge in [-0.2, -0.15) is 0 Å². The summed E-state index contributed by atoms with van der Waals surface area (Å²) in [4.78, 5) is 10.5. The van der Waals surface area contributed by atoms with E-state index in [-0.39, 0.29) is 11.7 Å². The maximum absolute atomic E-state index is 10.5. The summed E-state index contributed by atoms with van der Waals surface area (Å²) >= 11 is 6.49. The normalized spacial score (nSPS) is 10.4. The maximum atomic E-state index is 10.5. The molecule has 1 aromatic rings. The van der Waals surface area contributed by atoms with Gasteiger partial charge in [0.25, 0.3) is 0 Å². The van der Waals surface area contributed by atoms with Gasteiger partial charge in [0.1, 0.15) is 5.75 Å². The number of aromatic hydroxyl groups is 1. The van der Waals surface area contributed by atoms with Crippen LogP contribution in [0.15, 0.2) is 21.1 Å². The van der Waals surface area contributed by atoms with Gasteiger partial charge >= 0.3 is 0 Å². The average Bonchev–Trinajstić information content (AvgIpc) is 2.20. The molecule has 0 unspecified atom stereocenters. The molecule has 0 aliphatic carbocycles. The number of carbonyl (C=O) groups is 1. The third-order valence-electron chi connectivity index (χ3n) is 1.95. The van der Waals surface area contributed by atoms with E-state index in [9.17, 15) is 9.90 Å². The van der Waals surface area contributed by atoms with E-state index in [4.69, 9.17) is 5.73 Å². The molecule has 1 rings (SSSR count). The van der Waals surface area contributed by atoms with Crippen LogP contribution in [0, 0.1) is 0 Å². The predicted molar refractivity (Wildman–Crippen MR) is 69.0 cm³/mol. The second-order valence-corrected chi connectivity index (χ2v) is 5.01. The number of amides is 1. The molecule has 0 aliphatic heterocycles. The molecule has 0 saturated heterocycles. The maximum Gasteiger partial charge on any atom is 0.218 e. The Bertz CT molecular complexity index is 373. The fourth-order valence-corrected chi connectivity index (χ4v) is 2.45. The molecular weight excluding hydrogens is 340 g/mol. The fourth-order valence-electron chi connectivity index (χ4n) is 1.16. The summed E-state index contributed by atoms with van der Waals surface area (Å²) in [5, 5.41) is 12.6. The average molecular weight is 352 g/mol. The van der Waals surface area contributed by atoms with Crippen molar-refractivity contribution in [3.05, 3.63) is 26.6 Å². The molecule has 0 atom stereocenters. The van der Waals surface area contributed by atoms with Crippen molar-refractivity contribution in [2.75, 3.05) is 6.54 Å². The van der Waals surface area contributed by atoms with E-state index in [0.717, 1.165) is 5.56 Å². The minimum absolute atomic E-state index is 0.181. The Hall–Kier alpha value is -0.590. The number of phenols is 1. The van der Waals surface area contributed by atoms with Gasteiger partial charge in [-0.05, 0) is 49.6 Å². The highest BCUT2D eigenvalue weighted by Crippen LogP contribution is 2.33. The topological polar surface area (TPSA) is 75.4 Å². The fraction of sp³-hybridized carbons (Fsp3) is 0.300. The molecule has 0 bridgehead atoms. The molecule has 0 radical (unpaired) electrons.